The van der Waals surface area contributed by atoms with Crippen LogP contribution in [0.4, 0.5) is 0 Å². The number of aromatic nitrogens is 2. The van der Waals surface area contributed by atoms with Gasteiger partial charge in [-0.25, -0.2) is 0 Å². The van der Waals surface area contributed by atoms with Crippen molar-refractivity contribution >= 4 is 11.7 Å². The van der Waals surface area contributed by atoms with Gasteiger partial charge in [0.25, 0.3) is 5.91 Å². The highest BCUT2D eigenvalue weighted by molar-refractivity contribution is 5.93. The Kier molecular flexibility index (Phi) is 4.57. The number of hydrogen-bond acceptors (Lipinski definition) is 3. The van der Waals surface area contributed by atoms with Gasteiger partial charge in [-0.2, -0.15) is 5.10 Å². The summed E-state index contributed by atoms with van der Waals surface area (Å²) < 4.78 is 1.77. The van der Waals surface area contributed by atoms with Gasteiger partial charge >= 0.3 is 0 Å². The number of nitrogens with zero attached hydrogens (tertiary/aromatic N) is 3. The van der Waals surface area contributed by atoms with Crippen LogP contribution in [0.1, 0.15) is 55.7 Å². The molecule has 1 heterocycles. The molecule has 5 nitrogen and oxygen atoms in total. The van der Waals surface area contributed by atoms with Crippen LogP contribution in [0.3, 0.4) is 0 Å². The van der Waals surface area contributed by atoms with Crippen molar-refractivity contribution in [3.63, 3.8) is 0 Å². The summed E-state index contributed by atoms with van der Waals surface area (Å²) in [5.74, 6) is 0.326. The molecule has 0 aliphatic heterocycles. The lowest BCUT2D eigenvalue weighted by Gasteiger charge is -2.30. The molecule has 0 saturated heterocycles. The van der Waals surface area contributed by atoms with Gasteiger partial charge < -0.3 is 4.90 Å². The van der Waals surface area contributed by atoms with Crippen LogP contribution < -0.4 is 0 Å². The molecule has 1 aromatic rings. The molecule has 1 aliphatic rings. The van der Waals surface area contributed by atoms with Gasteiger partial charge in [-0.15, -0.1) is 0 Å². The second kappa shape index (κ2) is 6.20. The Morgan fingerprint density at radius 3 is 2.60 bits per heavy atom. The predicted octanol–water partition coefficient (Wildman–Crippen LogP) is 2.05. The Hall–Kier alpha value is -1.65. The minimum absolute atomic E-state index is 0.0124. The molecule has 0 aromatic carbocycles. The monoisotopic (exact) mass is 277 g/mol. The fourth-order valence-electron chi connectivity index (χ4n) is 2.71. The molecule has 2 rings (SSSR count). The molecule has 1 aliphatic carbocycles. The van der Waals surface area contributed by atoms with Crippen molar-refractivity contribution in [2.24, 2.45) is 0 Å². The van der Waals surface area contributed by atoms with E-state index in [0.29, 0.717) is 30.9 Å². The van der Waals surface area contributed by atoms with E-state index in [1.54, 1.807) is 9.58 Å². The molecular formula is C15H23N3O2. The van der Waals surface area contributed by atoms with Crippen LogP contribution in [0.15, 0.2) is 6.07 Å². The van der Waals surface area contributed by atoms with E-state index in [-0.39, 0.29) is 11.9 Å². The molecule has 1 saturated carbocycles. The minimum atomic E-state index is 0.0124. The van der Waals surface area contributed by atoms with Gasteiger partial charge in [0.15, 0.2) is 0 Å². The zero-order chi connectivity index (χ0) is 14.7. The van der Waals surface area contributed by atoms with Gasteiger partial charge in [0, 0.05) is 32.5 Å². The first kappa shape index (κ1) is 14.8. The molecule has 0 bridgehead atoms. The van der Waals surface area contributed by atoms with E-state index in [0.717, 1.165) is 25.0 Å². The first-order chi connectivity index (χ1) is 9.56. The SMILES string of the molecule is CCc1cc(C(=O)N(C)C2CCC(=O)CC2)n(CC)n1. The maximum absolute atomic E-state index is 12.6. The molecule has 20 heavy (non-hydrogen) atoms. The summed E-state index contributed by atoms with van der Waals surface area (Å²) in [5.41, 5.74) is 1.60. The highest BCUT2D eigenvalue weighted by atomic mass is 16.2. The smallest absolute Gasteiger partial charge is 0.272 e. The Balaban J connectivity index is 2.13. The fraction of sp³-hybridized carbons (Fsp3) is 0.667. The second-order valence-corrected chi connectivity index (χ2v) is 5.38. The zero-order valence-electron chi connectivity index (χ0n) is 12.6. The van der Waals surface area contributed by atoms with E-state index in [4.69, 9.17) is 0 Å². The number of amides is 1. The summed E-state index contributed by atoms with van der Waals surface area (Å²) in [4.78, 5) is 25.7. The maximum Gasteiger partial charge on any atom is 0.272 e. The van der Waals surface area contributed by atoms with E-state index in [1.165, 1.54) is 0 Å². The number of Topliss-reactive ketones (excluding diaryl/α,β-unsaturated/α-hetero) is 1. The topological polar surface area (TPSA) is 55.2 Å². The van der Waals surface area contributed by atoms with Gasteiger partial charge in [0.05, 0.1) is 5.69 Å². The third-order valence-corrected chi connectivity index (χ3v) is 4.09. The predicted molar refractivity (Wildman–Crippen MR) is 76.6 cm³/mol. The Morgan fingerprint density at radius 1 is 1.40 bits per heavy atom. The van der Waals surface area contributed by atoms with Crippen molar-refractivity contribution in [3.8, 4) is 0 Å². The highest BCUT2D eigenvalue weighted by Crippen LogP contribution is 2.21. The first-order valence-corrected chi connectivity index (χ1v) is 7.42. The normalized spacial score (nSPS) is 16.4. The number of carbonyl (C=O) groups is 2. The summed E-state index contributed by atoms with van der Waals surface area (Å²) in [6.45, 7) is 4.72. The van der Waals surface area contributed by atoms with Crippen LogP contribution in [0.5, 0.6) is 0 Å². The number of hydrogen-bond donors (Lipinski definition) is 0. The summed E-state index contributed by atoms with van der Waals surface area (Å²) >= 11 is 0. The highest BCUT2D eigenvalue weighted by Gasteiger charge is 2.27. The Bertz CT molecular complexity index is 497. The van der Waals surface area contributed by atoms with Crippen molar-refractivity contribution in [2.75, 3.05) is 7.05 Å². The molecule has 1 amide bonds. The molecule has 0 N–H and O–H groups in total. The van der Waals surface area contributed by atoms with Crippen LogP contribution >= 0.6 is 0 Å². The van der Waals surface area contributed by atoms with Crippen LogP contribution in [0, 0.1) is 0 Å². The molecule has 110 valence electrons. The largest absolute Gasteiger partial charge is 0.337 e. The molecule has 1 aromatic heterocycles. The summed E-state index contributed by atoms with van der Waals surface area (Å²) in [6.07, 6.45) is 3.57. The van der Waals surface area contributed by atoms with Crippen LogP contribution in [-0.2, 0) is 17.8 Å². The van der Waals surface area contributed by atoms with Gasteiger partial charge in [-0.05, 0) is 32.3 Å². The minimum Gasteiger partial charge on any atom is -0.337 e. The van der Waals surface area contributed by atoms with Crippen LogP contribution in [0.2, 0.25) is 0 Å². The average molecular weight is 277 g/mol. The van der Waals surface area contributed by atoms with Crippen molar-refractivity contribution in [1.82, 2.24) is 14.7 Å². The lowest BCUT2D eigenvalue weighted by atomic mass is 9.93. The molecule has 0 spiro atoms. The Labute approximate surface area is 119 Å². The molecular weight excluding hydrogens is 254 g/mol. The van der Waals surface area contributed by atoms with E-state index in [9.17, 15) is 9.59 Å². The number of carbonyl (C=O) groups excluding carboxylic acids is 2. The Morgan fingerprint density at radius 2 is 2.05 bits per heavy atom. The maximum atomic E-state index is 12.6. The van der Waals surface area contributed by atoms with E-state index in [2.05, 4.69) is 5.10 Å². The lowest BCUT2D eigenvalue weighted by molar-refractivity contribution is -0.121. The quantitative estimate of drug-likeness (QED) is 0.846. The molecule has 0 unspecified atom stereocenters. The van der Waals surface area contributed by atoms with Crippen LogP contribution in [-0.4, -0.2) is 39.5 Å². The zero-order valence-corrected chi connectivity index (χ0v) is 12.6. The summed E-state index contributed by atoms with van der Waals surface area (Å²) in [5, 5.41) is 4.42. The van der Waals surface area contributed by atoms with E-state index in [1.807, 2.05) is 27.0 Å². The van der Waals surface area contributed by atoms with Crippen LogP contribution in [0.25, 0.3) is 0 Å². The lowest BCUT2D eigenvalue weighted by Crippen LogP contribution is -2.40. The fourth-order valence-corrected chi connectivity index (χ4v) is 2.71. The van der Waals surface area contributed by atoms with Crippen molar-refractivity contribution in [1.29, 1.82) is 0 Å². The third-order valence-electron chi connectivity index (χ3n) is 4.09. The average Bonchev–Trinajstić information content (AvgIpc) is 2.90. The molecule has 0 atom stereocenters. The van der Waals surface area contributed by atoms with Gasteiger partial charge in [0.1, 0.15) is 11.5 Å². The van der Waals surface area contributed by atoms with E-state index >= 15 is 0 Å². The van der Waals surface area contributed by atoms with Gasteiger partial charge in [-0.3, -0.25) is 14.3 Å². The standard InChI is InChI=1S/C15H23N3O2/c1-4-11-10-14(18(5-2)16-11)15(20)17(3)12-6-8-13(19)9-7-12/h10,12H,4-9H2,1-3H3. The number of ketones is 1. The molecule has 1 fully saturated rings. The number of aryl methyl sites for hydroxylation is 2. The second-order valence-electron chi connectivity index (χ2n) is 5.38. The molecule has 0 radical (unpaired) electrons. The number of rotatable bonds is 4. The van der Waals surface area contributed by atoms with Crippen molar-refractivity contribution in [3.05, 3.63) is 17.5 Å². The van der Waals surface area contributed by atoms with Crippen molar-refractivity contribution < 1.29 is 9.59 Å². The summed E-state index contributed by atoms with van der Waals surface area (Å²) in [6, 6.07) is 2.06. The van der Waals surface area contributed by atoms with E-state index < -0.39 is 0 Å². The summed E-state index contributed by atoms with van der Waals surface area (Å²) in [7, 11) is 1.83. The van der Waals surface area contributed by atoms with Gasteiger partial charge in [0.2, 0.25) is 0 Å². The first-order valence-electron chi connectivity index (χ1n) is 7.42. The van der Waals surface area contributed by atoms with Gasteiger partial charge in [-0.1, -0.05) is 6.92 Å². The van der Waals surface area contributed by atoms with Crippen molar-refractivity contribution in [2.45, 2.75) is 58.5 Å². The third kappa shape index (κ3) is 2.92. The molecule has 5 heteroatoms.